The number of hydrogen-bond acceptors (Lipinski definition) is 4. The Balaban J connectivity index is 2.12. The van der Waals surface area contributed by atoms with Gasteiger partial charge in [0.25, 0.3) is 5.91 Å². The first-order valence-electron chi connectivity index (χ1n) is 7.47. The molecule has 0 spiro atoms. The minimum Gasteiger partial charge on any atom is -0.332 e. The van der Waals surface area contributed by atoms with E-state index in [0.717, 1.165) is 6.54 Å². The first kappa shape index (κ1) is 16.7. The van der Waals surface area contributed by atoms with Crippen LogP contribution in [0.4, 0.5) is 0 Å². The zero-order chi connectivity index (χ0) is 16.1. The molecule has 0 atom stereocenters. The first-order valence-corrected chi connectivity index (χ1v) is 8.42. The molecule has 0 N–H and O–H groups in total. The van der Waals surface area contributed by atoms with Crippen LogP contribution in [0.25, 0.3) is 0 Å². The van der Waals surface area contributed by atoms with E-state index in [9.17, 15) is 4.79 Å². The number of amides is 1. The van der Waals surface area contributed by atoms with E-state index in [1.807, 2.05) is 35.3 Å². The summed E-state index contributed by atoms with van der Waals surface area (Å²) in [5.41, 5.74) is 1.68. The maximum absolute atomic E-state index is 12.8. The van der Waals surface area contributed by atoms with Gasteiger partial charge in [-0.2, -0.15) is 16.4 Å². The van der Waals surface area contributed by atoms with Crippen molar-refractivity contribution in [3.05, 3.63) is 40.3 Å². The highest BCUT2D eigenvalue weighted by Crippen LogP contribution is 2.13. The monoisotopic (exact) mass is 320 g/mol. The number of rotatable bonds is 7. The first-order chi connectivity index (χ1) is 10.5. The Morgan fingerprint density at radius 3 is 2.64 bits per heavy atom. The smallest absolute Gasteiger partial charge is 0.274 e. The van der Waals surface area contributed by atoms with E-state index in [4.69, 9.17) is 0 Å². The van der Waals surface area contributed by atoms with Gasteiger partial charge in [-0.15, -0.1) is 0 Å². The Morgan fingerprint density at radius 1 is 1.32 bits per heavy atom. The average molecular weight is 320 g/mol. The van der Waals surface area contributed by atoms with Crippen LogP contribution in [-0.2, 0) is 6.54 Å². The maximum atomic E-state index is 12.8. The predicted octanol–water partition coefficient (Wildman–Crippen LogP) is 2.73. The van der Waals surface area contributed by atoms with Crippen LogP contribution in [0.3, 0.4) is 0 Å². The van der Waals surface area contributed by atoms with Gasteiger partial charge in [0.2, 0.25) is 0 Å². The van der Waals surface area contributed by atoms with Crippen molar-refractivity contribution in [3.8, 4) is 0 Å². The maximum Gasteiger partial charge on any atom is 0.274 e. The standard InChI is InChI=1S/C16H24N4OS/c1-13(2)20-7-5-15(17-20)16(21)19(9-8-18(3)4)11-14-6-10-22-12-14/h5-7,10,12-13H,8-9,11H2,1-4H3. The second kappa shape index (κ2) is 7.56. The van der Waals surface area contributed by atoms with Gasteiger partial charge < -0.3 is 9.80 Å². The van der Waals surface area contributed by atoms with Crippen LogP contribution in [0.5, 0.6) is 0 Å². The number of aromatic nitrogens is 2. The van der Waals surface area contributed by atoms with Gasteiger partial charge in [-0.05, 0) is 56.4 Å². The largest absolute Gasteiger partial charge is 0.332 e. The lowest BCUT2D eigenvalue weighted by Gasteiger charge is -2.23. The molecule has 0 bridgehead atoms. The molecule has 2 heterocycles. The van der Waals surface area contributed by atoms with Gasteiger partial charge in [-0.25, -0.2) is 0 Å². The third kappa shape index (κ3) is 4.42. The van der Waals surface area contributed by atoms with Crippen molar-refractivity contribution in [1.29, 1.82) is 0 Å². The van der Waals surface area contributed by atoms with Gasteiger partial charge in [-0.3, -0.25) is 9.48 Å². The van der Waals surface area contributed by atoms with Crippen molar-refractivity contribution in [2.45, 2.75) is 26.4 Å². The number of carbonyl (C=O) groups is 1. The zero-order valence-corrected chi connectivity index (χ0v) is 14.5. The van der Waals surface area contributed by atoms with Gasteiger partial charge in [0.1, 0.15) is 5.69 Å². The summed E-state index contributed by atoms with van der Waals surface area (Å²) in [6.45, 7) is 6.26. The van der Waals surface area contributed by atoms with E-state index in [1.54, 1.807) is 17.4 Å². The number of likely N-dealkylation sites (N-methyl/N-ethyl adjacent to an activating group) is 1. The normalized spacial score (nSPS) is 11.4. The highest BCUT2D eigenvalue weighted by molar-refractivity contribution is 7.07. The van der Waals surface area contributed by atoms with Crippen molar-refractivity contribution < 1.29 is 4.79 Å². The van der Waals surface area contributed by atoms with Crippen molar-refractivity contribution in [2.75, 3.05) is 27.2 Å². The van der Waals surface area contributed by atoms with Gasteiger partial charge in [0.05, 0.1) is 0 Å². The molecule has 0 radical (unpaired) electrons. The van der Waals surface area contributed by atoms with Crippen LogP contribution in [0.1, 0.15) is 35.9 Å². The van der Waals surface area contributed by atoms with Gasteiger partial charge >= 0.3 is 0 Å². The molecule has 0 fully saturated rings. The summed E-state index contributed by atoms with van der Waals surface area (Å²) in [5, 5.41) is 8.53. The predicted molar refractivity (Wildman–Crippen MR) is 90.2 cm³/mol. The van der Waals surface area contributed by atoms with E-state index >= 15 is 0 Å². The zero-order valence-electron chi connectivity index (χ0n) is 13.7. The average Bonchev–Trinajstić information content (AvgIpc) is 3.13. The molecule has 1 amide bonds. The van der Waals surface area contributed by atoms with Crippen LogP contribution in [0.2, 0.25) is 0 Å². The summed E-state index contributed by atoms with van der Waals surface area (Å²) >= 11 is 1.65. The van der Waals surface area contributed by atoms with Gasteiger partial charge in [-0.1, -0.05) is 0 Å². The fraction of sp³-hybridized carbons (Fsp3) is 0.500. The molecule has 0 aliphatic carbocycles. The number of thiophene rings is 1. The van der Waals surface area contributed by atoms with E-state index in [-0.39, 0.29) is 11.9 Å². The SMILES string of the molecule is CC(C)n1ccc(C(=O)N(CCN(C)C)Cc2ccsc2)n1. The molecule has 2 aromatic heterocycles. The second-order valence-electron chi connectivity index (χ2n) is 5.94. The summed E-state index contributed by atoms with van der Waals surface area (Å²) in [6, 6.07) is 4.13. The van der Waals surface area contributed by atoms with Crippen LogP contribution < -0.4 is 0 Å². The Kier molecular flexibility index (Phi) is 5.74. The molecule has 22 heavy (non-hydrogen) atoms. The summed E-state index contributed by atoms with van der Waals surface area (Å²) < 4.78 is 1.82. The lowest BCUT2D eigenvalue weighted by molar-refractivity contribution is 0.0725. The van der Waals surface area contributed by atoms with E-state index in [0.29, 0.717) is 18.8 Å². The van der Waals surface area contributed by atoms with Gasteiger partial charge in [0.15, 0.2) is 0 Å². The summed E-state index contributed by atoms with van der Waals surface area (Å²) in [7, 11) is 4.03. The molecule has 5 nitrogen and oxygen atoms in total. The van der Waals surface area contributed by atoms with E-state index < -0.39 is 0 Å². The molecule has 0 aromatic carbocycles. The molecule has 120 valence electrons. The summed E-state index contributed by atoms with van der Waals surface area (Å²) in [5.74, 6) is -0.00699. The van der Waals surface area contributed by atoms with Crippen LogP contribution in [0.15, 0.2) is 29.1 Å². The molecule has 0 aliphatic heterocycles. The topological polar surface area (TPSA) is 41.4 Å². The minimum atomic E-state index is -0.00699. The Bertz CT molecular complexity index is 589. The van der Waals surface area contributed by atoms with Crippen molar-refractivity contribution in [1.82, 2.24) is 19.6 Å². The quantitative estimate of drug-likeness (QED) is 0.788. The van der Waals surface area contributed by atoms with E-state index in [1.165, 1.54) is 5.56 Å². The molecule has 0 aliphatic rings. The third-order valence-corrected chi connectivity index (χ3v) is 4.15. The molecule has 0 saturated carbocycles. The summed E-state index contributed by atoms with van der Waals surface area (Å²) in [4.78, 5) is 16.7. The van der Waals surface area contributed by atoms with Gasteiger partial charge in [0, 0.05) is 31.9 Å². The third-order valence-electron chi connectivity index (χ3n) is 3.41. The van der Waals surface area contributed by atoms with Crippen molar-refractivity contribution in [3.63, 3.8) is 0 Å². The Hall–Kier alpha value is -1.66. The molecule has 6 heteroatoms. The summed E-state index contributed by atoms with van der Waals surface area (Å²) in [6.07, 6.45) is 1.87. The molecule has 0 unspecified atom stereocenters. The Morgan fingerprint density at radius 2 is 2.09 bits per heavy atom. The Labute approximate surface area is 136 Å². The fourth-order valence-electron chi connectivity index (χ4n) is 2.08. The number of hydrogen-bond donors (Lipinski definition) is 0. The molecule has 0 saturated heterocycles. The van der Waals surface area contributed by atoms with Crippen LogP contribution >= 0.6 is 11.3 Å². The molecular formula is C16H24N4OS. The minimum absolute atomic E-state index is 0.00699. The number of nitrogens with zero attached hydrogens (tertiary/aromatic N) is 4. The van der Waals surface area contributed by atoms with Crippen molar-refractivity contribution >= 4 is 17.2 Å². The van der Waals surface area contributed by atoms with E-state index in [2.05, 4.69) is 35.3 Å². The highest BCUT2D eigenvalue weighted by atomic mass is 32.1. The molecule has 2 aromatic rings. The van der Waals surface area contributed by atoms with Crippen LogP contribution in [0, 0.1) is 0 Å². The fourth-order valence-corrected chi connectivity index (χ4v) is 2.74. The molecular weight excluding hydrogens is 296 g/mol. The van der Waals surface area contributed by atoms with Crippen molar-refractivity contribution in [2.24, 2.45) is 0 Å². The lowest BCUT2D eigenvalue weighted by atomic mass is 10.2. The number of carbonyl (C=O) groups excluding carboxylic acids is 1. The lowest BCUT2D eigenvalue weighted by Crippen LogP contribution is -2.36. The van der Waals surface area contributed by atoms with Crippen LogP contribution in [-0.4, -0.2) is 52.7 Å². The second-order valence-corrected chi connectivity index (χ2v) is 6.72. The highest BCUT2D eigenvalue weighted by Gasteiger charge is 2.19. The molecule has 2 rings (SSSR count).